The normalized spacial score (nSPS) is 40.4. The lowest BCUT2D eigenvalue weighted by Crippen LogP contribution is -2.37. The Morgan fingerprint density at radius 2 is 2.20 bits per heavy atom. The lowest BCUT2D eigenvalue weighted by Gasteiger charge is -2.25. The summed E-state index contributed by atoms with van der Waals surface area (Å²) in [5.74, 6) is 1.76. The molecule has 0 aromatic rings. The number of halogens is 1. The highest BCUT2D eigenvalue weighted by atomic mass is 35.5. The van der Waals surface area contributed by atoms with E-state index >= 15 is 0 Å². The summed E-state index contributed by atoms with van der Waals surface area (Å²) in [7, 11) is 0. The van der Waals surface area contributed by atoms with Gasteiger partial charge in [-0.25, -0.2) is 0 Å². The monoisotopic (exact) mass is 232 g/mol. The molecule has 3 heterocycles. The van der Waals surface area contributed by atoms with Gasteiger partial charge in [0, 0.05) is 25.7 Å². The van der Waals surface area contributed by atoms with Crippen LogP contribution in [0.3, 0.4) is 0 Å². The Morgan fingerprint density at radius 1 is 1.27 bits per heavy atom. The standard InChI is InChI=1S/C11H20N2O.ClH/c1-3-13(7-9-2-4-14-8-9)11-6-12-5-10(1)11;/h9-12H,1-8H2;1H/t9?,10-,11+;/m0./s1. The third kappa shape index (κ3) is 2.31. The number of nitrogens with one attached hydrogen (secondary N) is 1. The van der Waals surface area contributed by atoms with Crippen LogP contribution in [0.25, 0.3) is 0 Å². The van der Waals surface area contributed by atoms with Gasteiger partial charge in [0.1, 0.15) is 0 Å². The topological polar surface area (TPSA) is 24.5 Å². The van der Waals surface area contributed by atoms with Gasteiger partial charge in [-0.1, -0.05) is 0 Å². The zero-order valence-electron chi connectivity index (χ0n) is 9.15. The molecule has 0 bridgehead atoms. The van der Waals surface area contributed by atoms with Gasteiger partial charge in [-0.15, -0.1) is 12.4 Å². The molecule has 0 aromatic carbocycles. The number of nitrogens with zero attached hydrogens (tertiary/aromatic N) is 1. The summed E-state index contributed by atoms with van der Waals surface area (Å²) in [6.07, 6.45) is 2.69. The molecule has 3 fully saturated rings. The van der Waals surface area contributed by atoms with Crippen LogP contribution in [0.1, 0.15) is 12.8 Å². The van der Waals surface area contributed by atoms with Gasteiger partial charge in [0.15, 0.2) is 0 Å². The molecule has 3 nitrogen and oxygen atoms in total. The number of fused-ring (bicyclic) bond motifs is 1. The zero-order chi connectivity index (χ0) is 9.38. The SMILES string of the molecule is C1CC(CN2CC[C@H]3CNC[C@H]32)CO1.Cl. The van der Waals surface area contributed by atoms with E-state index in [9.17, 15) is 0 Å². The molecule has 0 saturated carbocycles. The zero-order valence-corrected chi connectivity index (χ0v) is 9.97. The van der Waals surface area contributed by atoms with Crippen LogP contribution in [-0.4, -0.2) is 50.3 Å². The molecule has 0 amide bonds. The van der Waals surface area contributed by atoms with Crippen LogP contribution in [0, 0.1) is 11.8 Å². The maximum Gasteiger partial charge on any atom is 0.0507 e. The van der Waals surface area contributed by atoms with Gasteiger partial charge in [0.05, 0.1) is 6.61 Å². The van der Waals surface area contributed by atoms with Crippen molar-refractivity contribution in [2.75, 3.05) is 39.4 Å². The first kappa shape index (κ1) is 11.6. The maximum absolute atomic E-state index is 5.44. The third-order valence-corrected chi connectivity index (χ3v) is 4.08. The third-order valence-electron chi connectivity index (χ3n) is 4.08. The second-order valence-corrected chi connectivity index (χ2v) is 5.00. The predicted molar refractivity (Wildman–Crippen MR) is 62.5 cm³/mol. The van der Waals surface area contributed by atoms with Crippen molar-refractivity contribution in [2.24, 2.45) is 11.8 Å². The van der Waals surface area contributed by atoms with Crippen LogP contribution in [-0.2, 0) is 4.74 Å². The molecule has 4 heteroatoms. The van der Waals surface area contributed by atoms with Crippen molar-refractivity contribution < 1.29 is 4.74 Å². The summed E-state index contributed by atoms with van der Waals surface area (Å²) in [6, 6.07) is 0.843. The molecule has 0 radical (unpaired) electrons. The fraction of sp³-hybridized carbons (Fsp3) is 1.00. The first-order valence-corrected chi connectivity index (χ1v) is 5.96. The van der Waals surface area contributed by atoms with E-state index in [4.69, 9.17) is 4.74 Å². The van der Waals surface area contributed by atoms with Crippen LogP contribution in [0.4, 0.5) is 0 Å². The molecule has 0 aromatic heterocycles. The Kier molecular flexibility index (Phi) is 3.88. The van der Waals surface area contributed by atoms with E-state index in [1.807, 2.05) is 0 Å². The van der Waals surface area contributed by atoms with Crippen LogP contribution in [0.15, 0.2) is 0 Å². The number of rotatable bonds is 2. The summed E-state index contributed by atoms with van der Waals surface area (Å²) in [5, 5.41) is 3.51. The highest BCUT2D eigenvalue weighted by molar-refractivity contribution is 5.85. The Labute approximate surface area is 97.9 Å². The van der Waals surface area contributed by atoms with Crippen LogP contribution in [0.5, 0.6) is 0 Å². The fourth-order valence-electron chi connectivity index (χ4n) is 3.22. The molecule has 3 atom stereocenters. The quantitative estimate of drug-likeness (QED) is 0.760. The van der Waals surface area contributed by atoms with E-state index in [1.165, 1.54) is 39.0 Å². The van der Waals surface area contributed by atoms with Crippen LogP contribution in [0.2, 0.25) is 0 Å². The number of hydrogen-bond acceptors (Lipinski definition) is 3. The van der Waals surface area contributed by atoms with Crippen molar-refractivity contribution in [3.05, 3.63) is 0 Å². The van der Waals surface area contributed by atoms with Gasteiger partial charge >= 0.3 is 0 Å². The summed E-state index contributed by atoms with van der Waals surface area (Å²) < 4.78 is 5.44. The predicted octanol–water partition coefficient (Wildman–Crippen LogP) is 0.738. The first-order valence-electron chi connectivity index (χ1n) is 5.96. The Bertz CT molecular complexity index is 209. The number of ether oxygens (including phenoxy) is 1. The molecule has 0 spiro atoms. The van der Waals surface area contributed by atoms with Gasteiger partial charge in [0.25, 0.3) is 0 Å². The minimum absolute atomic E-state index is 0. The van der Waals surface area contributed by atoms with Gasteiger partial charge < -0.3 is 10.1 Å². The Morgan fingerprint density at radius 3 is 3.00 bits per heavy atom. The van der Waals surface area contributed by atoms with Gasteiger partial charge in [-0.2, -0.15) is 0 Å². The Balaban J connectivity index is 0.000000853. The van der Waals surface area contributed by atoms with Crippen LogP contribution >= 0.6 is 12.4 Å². The summed E-state index contributed by atoms with van der Waals surface area (Å²) in [4.78, 5) is 2.70. The largest absolute Gasteiger partial charge is 0.381 e. The van der Waals surface area contributed by atoms with E-state index in [0.29, 0.717) is 0 Å². The first-order chi connectivity index (χ1) is 6.93. The summed E-state index contributed by atoms with van der Waals surface area (Å²) >= 11 is 0. The van der Waals surface area contributed by atoms with E-state index in [0.717, 1.165) is 31.1 Å². The van der Waals surface area contributed by atoms with Crippen molar-refractivity contribution in [3.63, 3.8) is 0 Å². The lowest BCUT2D eigenvalue weighted by atomic mass is 10.0. The highest BCUT2D eigenvalue weighted by Crippen LogP contribution is 2.28. The lowest BCUT2D eigenvalue weighted by molar-refractivity contribution is 0.162. The minimum Gasteiger partial charge on any atom is -0.381 e. The average molecular weight is 233 g/mol. The minimum atomic E-state index is 0. The van der Waals surface area contributed by atoms with E-state index in [1.54, 1.807) is 0 Å². The number of likely N-dealkylation sites (tertiary alicyclic amines) is 1. The molecule has 1 unspecified atom stereocenters. The van der Waals surface area contributed by atoms with E-state index in [-0.39, 0.29) is 12.4 Å². The van der Waals surface area contributed by atoms with Gasteiger partial charge in [-0.3, -0.25) is 4.90 Å². The van der Waals surface area contributed by atoms with Gasteiger partial charge in [0.2, 0.25) is 0 Å². The van der Waals surface area contributed by atoms with Crippen molar-refractivity contribution in [1.29, 1.82) is 0 Å². The number of hydrogen-bond donors (Lipinski definition) is 1. The van der Waals surface area contributed by atoms with Crippen molar-refractivity contribution in [1.82, 2.24) is 10.2 Å². The maximum atomic E-state index is 5.44. The molecule has 0 aliphatic carbocycles. The van der Waals surface area contributed by atoms with Crippen LogP contribution < -0.4 is 5.32 Å². The molecule has 3 saturated heterocycles. The Hall–Kier alpha value is 0.170. The van der Waals surface area contributed by atoms with Crippen molar-refractivity contribution >= 4 is 12.4 Å². The second-order valence-electron chi connectivity index (χ2n) is 5.00. The molecule has 88 valence electrons. The molecule has 15 heavy (non-hydrogen) atoms. The summed E-state index contributed by atoms with van der Waals surface area (Å²) in [6.45, 7) is 7.07. The smallest absolute Gasteiger partial charge is 0.0507 e. The van der Waals surface area contributed by atoms with E-state index in [2.05, 4.69) is 10.2 Å². The van der Waals surface area contributed by atoms with Gasteiger partial charge in [-0.05, 0) is 37.8 Å². The second kappa shape index (κ2) is 5.00. The van der Waals surface area contributed by atoms with Crippen molar-refractivity contribution in [3.8, 4) is 0 Å². The fourth-order valence-corrected chi connectivity index (χ4v) is 3.22. The molecular formula is C11H21ClN2O. The molecule has 3 rings (SSSR count). The molecule has 1 N–H and O–H groups in total. The molecule has 3 aliphatic rings. The average Bonchev–Trinajstić information content (AvgIpc) is 2.85. The van der Waals surface area contributed by atoms with Crippen molar-refractivity contribution in [2.45, 2.75) is 18.9 Å². The molecule has 3 aliphatic heterocycles. The van der Waals surface area contributed by atoms with E-state index < -0.39 is 0 Å². The summed E-state index contributed by atoms with van der Waals surface area (Å²) in [5.41, 5.74) is 0. The highest BCUT2D eigenvalue weighted by Gasteiger charge is 2.38. The molecular weight excluding hydrogens is 212 g/mol.